The summed E-state index contributed by atoms with van der Waals surface area (Å²) in [6, 6.07) is 10.6. The zero-order valence-electron chi connectivity index (χ0n) is 12.6. The van der Waals surface area contributed by atoms with E-state index in [1.807, 2.05) is 0 Å². The molecule has 1 amide bonds. The number of benzene rings is 1. The highest BCUT2D eigenvalue weighted by atomic mass is 32.1. The lowest BCUT2D eigenvalue weighted by Crippen LogP contribution is -2.12. The summed E-state index contributed by atoms with van der Waals surface area (Å²) in [5.74, 6) is -0.698. The molecule has 0 fully saturated rings. The van der Waals surface area contributed by atoms with Crippen LogP contribution in [0.15, 0.2) is 47.2 Å². The van der Waals surface area contributed by atoms with Crippen molar-refractivity contribution in [3.63, 3.8) is 0 Å². The lowest BCUT2D eigenvalue weighted by atomic mass is 10.0. The number of ether oxygens (including phenoxy) is 1. The van der Waals surface area contributed by atoms with Crippen LogP contribution in [0, 0.1) is 0 Å². The van der Waals surface area contributed by atoms with Gasteiger partial charge in [0.1, 0.15) is 16.3 Å². The molecule has 2 heterocycles. The van der Waals surface area contributed by atoms with E-state index in [2.05, 4.69) is 5.32 Å². The topological polar surface area (TPSA) is 75.6 Å². The van der Waals surface area contributed by atoms with Crippen LogP contribution in [-0.2, 0) is 0 Å². The number of amides is 1. The molecule has 0 unspecified atom stereocenters. The second-order valence-electron chi connectivity index (χ2n) is 4.82. The Bertz CT molecular complexity index is 867. The Morgan fingerprint density at radius 3 is 2.46 bits per heavy atom. The number of carboxylic acid groups (broad SMARTS) is 1. The maximum atomic E-state index is 12.2. The van der Waals surface area contributed by atoms with Gasteiger partial charge in [-0.15, -0.1) is 22.7 Å². The molecule has 2 aromatic heterocycles. The third kappa shape index (κ3) is 3.17. The molecule has 0 spiro atoms. The Morgan fingerprint density at radius 1 is 1.12 bits per heavy atom. The summed E-state index contributed by atoms with van der Waals surface area (Å²) in [4.78, 5) is 24.4. The van der Waals surface area contributed by atoms with Crippen molar-refractivity contribution in [1.29, 1.82) is 0 Å². The molecule has 5 nitrogen and oxygen atoms in total. The average molecular weight is 359 g/mol. The number of carbonyl (C=O) groups is 2. The minimum Gasteiger partial charge on any atom is -0.497 e. The van der Waals surface area contributed by atoms with Crippen molar-refractivity contribution in [2.24, 2.45) is 0 Å². The molecule has 0 saturated heterocycles. The molecule has 1 aromatic carbocycles. The van der Waals surface area contributed by atoms with Gasteiger partial charge in [0.05, 0.1) is 12.0 Å². The van der Waals surface area contributed by atoms with E-state index in [9.17, 15) is 14.7 Å². The Kier molecular flexibility index (Phi) is 4.64. The summed E-state index contributed by atoms with van der Waals surface area (Å²) in [6.07, 6.45) is 0. The van der Waals surface area contributed by atoms with Crippen LogP contribution in [0.1, 0.15) is 20.0 Å². The lowest BCUT2D eigenvalue weighted by Gasteiger charge is -2.06. The number of rotatable bonds is 5. The van der Waals surface area contributed by atoms with E-state index in [4.69, 9.17) is 4.74 Å². The van der Waals surface area contributed by atoms with Gasteiger partial charge in [-0.25, -0.2) is 4.79 Å². The number of nitrogens with one attached hydrogen (secondary N) is 1. The van der Waals surface area contributed by atoms with Gasteiger partial charge < -0.3 is 15.2 Å². The van der Waals surface area contributed by atoms with E-state index in [-0.39, 0.29) is 11.5 Å². The van der Waals surface area contributed by atoms with Gasteiger partial charge in [-0.2, -0.15) is 0 Å². The molecule has 2 N–H and O–H groups in total. The highest BCUT2D eigenvalue weighted by molar-refractivity contribution is 7.15. The Hall–Kier alpha value is -2.64. The molecule has 0 atom stereocenters. The van der Waals surface area contributed by atoms with Gasteiger partial charge in [0.15, 0.2) is 0 Å². The van der Waals surface area contributed by atoms with E-state index in [0.29, 0.717) is 21.2 Å². The molecular formula is C17H13NO4S2. The minimum absolute atomic E-state index is 0.0927. The third-order valence-corrected chi connectivity index (χ3v) is 5.14. The fourth-order valence-corrected chi connectivity index (χ4v) is 3.79. The second kappa shape index (κ2) is 6.86. The van der Waals surface area contributed by atoms with Crippen molar-refractivity contribution in [2.45, 2.75) is 0 Å². The molecule has 3 rings (SSSR count). The first-order valence-electron chi connectivity index (χ1n) is 6.94. The van der Waals surface area contributed by atoms with Crippen LogP contribution in [0.5, 0.6) is 5.75 Å². The van der Waals surface area contributed by atoms with Gasteiger partial charge in [0.25, 0.3) is 5.91 Å². The van der Waals surface area contributed by atoms with E-state index >= 15 is 0 Å². The smallest absolute Gasteiger partial charge is 0.339 e. The molecule has 0 bridgehead atoms. The number of carboxylic acids is 1. The summed E-state index contributed by atoms with van der Waals surface area (Å²) in [6.45, 7) is 0. The summed E-state index contributed by atoms with van der Waals surface area (Å²) >= 11 is 2.50. The van der Waals surface area contributed by atoms with Crippen molar-refractivity contribution in [2.75, 3.05) is 12.4 Å². The predicted molar refractivity (Wildman–Crippen MR) is 95.5 cm³/mol. The first kappa shape index (κ1) is 16.2. The van der Waals surface area contributed by atoms with Gasteiger partial charge in [-0.05, 0) is 29.1 Å². The van der Waals surface area contributed by atoms with Gasteiger partial charge in [0.2, 0.25) is 0 Å². The maximum Gasteiger partial charge on any atom is 0.339 e. The van der Waals surface area contributed by atoms with E-state index < -0.39 is 5.97 Å². The maximum absolute atomic E-state index is 12.2. The summed E-state index contributed by atoms with van der Waals surface area (Å²) in [7, 11) is 1.57. The summed E-state index contributed by atoms with van der Waals surface area (Å²) in [5, 5.41) is 16.1. The number of hydrogen-bond donors (Lipinski definition) is 2. The second-order valence-corrected chi connectivity index (χ2v) is 6.65. The monoisotopic (exact) mass is 359 g/mol. The normalized spacial score (nSPS) is 10.4. The van der Waals surface area contributed by atoms with Gasteiger partial charge in [-0.1, -0.05) is 18.2 Å². The van der Waals surface area contributed by atoms with Crippen LogP contribution in [0.4, 0.5) is 5.00 Å². The van der Waals surface area contributed by atoms with Gasteiger partial charge >= 0.3 is 5.97 Å². The van der Waals surface area contributed by atoms with Crippen LogP contribution in [0.25, 0.3) is 11.1 Å². The van der Waals surface area contributed by atoms with Gasteiger partial charge in [-0.3, -0.25) is 4.79 Å². The van der Waals surface area contributed by atoms with Crippen LogP contribution in [-0.4, -0.2) is 24.1 Å². The van der Waals surface area contributed by atoms with Crippen molar-refractivity contribution < 1.29 is 19.4 Å². The number of anilines is 1. The quantitative estimate of drug-likeness (QED) is 0.706. The number of thiophene rings is 2. The van der Waals surface area contributed by atoms with Gasteiger partial charge in [0, 0.05) is 10.9 Å². The van der Waals surface area contributed by atoms with Crippen LogP contribution >= 0.6 is 22.7 Å². The SMILES string of the molecule is COc1ccc(-c2csc(NC(=O)c3cccs3)c2C(=O)O)cc1. The number of hydrogen-bond acceptors (Lipinski definition) is 5. The van der Waals surface area contributed by atoms with Crippen molar-refractivity contribution >= 4 is 39.6 Å². The molecule has 7 heteroatoms. The standard InChI is InChI=1S/C17H13NO4S2/c1-22-11-6-4-10(5-7-11)12-9-24-16(14(12)17(20)21)18-15(19)13-3-2-8-23-13/h2-9H,1H3,(H,18,19)(H,20,21). The Balaban J connectivity index is 1.95. The first-order valence-corrected chi connectivity index (χ1v) is 8.70. The van der Waals surface area contributed by atoms with E-state index in [1.54, 1.807) is 54.3 Å². The molecule has 3 aromatic rings. The molecular weight excluding hydrogens is 346 g/mol. The zero-order chi connectivity index (χ0) is 17.1. The van der Waals surface area contributed by atoms with Crippen LogP contribution in [0.3, 0.4) is 0 Å². The largest absolute Gasteiger partial charge is 0.497 e. The molecule has 122 valence electrons. The highest BCUT2D eigenvalue weighted by Crippen LogP contribution is 2.36. The minimum atomic E-state index is -1.08. The summed E-state index contributed by atoms with van der Waals surface area (Å²) < 4.78 is 5.11. The molecule has 0 aliphatic heterocycles. The first-order chi connectivity index (χ1) is 11.6. The van der Waals surface area contributed by atoms with E-state index in [1.165, 1.54) is 22.7 Å². The van der Waals surface area contributed by atoms with Crippen molar-refractivity contribution in [3.05, 3.63) is 57.6 Å². The number of carbonyl (C=O) groups excluding carboxylic acids is 1. The molecule has 0 radical (unpaired) electrons. The number of methoxy groups -OCH3 is 1. The Morgan fingerprint density at radius 2 is 1.88 bits per heavy atom. The average Bonchev–Trinajstić information content (AvgIpc) is 3.24. The Labute approximate surface area is 146 Å². The fraction of sp³-hybridized carbons (Fsp3) is 0.0588. The predicted octanol–water partition coefficient (Wildman–Crippen LogP) is 4.44. The molecule has 0 saturated carbocycles. The fourth-order valence-electron chi connectivity index (χ4n) is 2.22. The van der Waals surface area contributed by atoms with Crippen LogP contribution < -0.4 is 10.1 Å². The molecule has 24 heavy (non-hydrogen) atoms. The van der Waals surface area contributed by atoms with Crippen molar-refractivity contribution in [3.8, 4) is 16.9 Å². The number of aromatic carboxylic acids is 1. The third-order valence-electron chi connectivity index (χ3n) is 3.38. The molecule has 0 aliphatic rings. The van der Waals surface area contributed by atoms with Crippen molar-refractivity contribution in [1.82, 2.24) is 0 Å². The summed E-state index contributed by atoms with van der Waals surface area (Å²) in [5.41, 5.74) is 1.41. The van der Waals surface area contributed by atoms with E-state index in [0.717, 1.165) is 5.56 Å². The zero-order valence-corrected chi connectivity index (χ0v) is 14.2. The molecule has 0 aliphatic carbocycles. The highest BCUT2D eigenvalue weighted by Gasteiger charge is 2.21. The van der Waals surface area contributed by atoms with Crippen LogP contribution in [0.2, 0.25) is 0 Å². The lowest BCUT2D eigenvalue weighted by molar-refractivity contribution is 0.0699.